The van der Waals surface area contributed by atoms with Gasteiger partial charge in [0.15, 0.2) is 5.82 Å². The summed E-state index contributed by atoms with van der Waals surface area (Å²) in [5.41, 5.74) is 1.03. The molecule has 2 unspecified atom stereocenters. The molecule has 5 heterocycles. The number of carbonyl (C=O) groups excluding carboxylic acids is 2. The van der Waals surface area contributed by atoms with Gasteiger partial charge in [0.1, 0.15) is 19.0 Å². The monoisotopic (exact) mass is 454 g/mol. The molecule has 1 spiro atoms. The van der Waals surface area contributed by atoms with Crippen molar-refractivity contribution in [2.24, 2.45) is 5.41 Å². The predicted octanol–water partition coefficient (Wildman–Crippen LogP) is 0.284. The van der Waals surface area contributed by atoms with E-state index >= 15 is 0 Å². The SMILES string of the molecule is COC(CN1CCC2(CC1)CC(C)N(C1=CC(=O)OC1)C2=O)c1cnc(-n2cnnn2)cn1. The third kappa shape index (κ3) is 4.00. The number of aromatic nitrogens is 6. The topological polar surface area (TPSA) is 128 Å². The van der Waals surface area contributed by atoms with Crippen molar-refractivity contribution in [3.63, 3.8) is 0 Å². The quantitative estimate of drug-likeness (QED) is 0.561. The first-order valence-corrected chi connectivity index (χ1v) is 11.0. The minimum atomic E-state index is -0.377. The van der Waals surface area contributed by atoms with Crippen LogP contribution in [-0.4, -0.2) is 91.2 Å². The highest BCUT2D eigenvalue weighted by molar-refractivity contribution is 5.91. The Morgan fingerprint density at radius 3 is 2.67 bits per heavy atom. The summed E-state index contributed by atoms with van der Waals surface area (Å²) in [6.07, 6.45) is 8.29. The number of rotatable bonds is 6. The average Bonchev–Trinajstić information content (AvgIpc) is 3.55. The fourth-order valence-electron chi connectivity index (χ4n) is 5.10. The number of hydrogen-bond donors (Lipinski definition) is 0. The molecule has 0 aromatic carbocycles. The lowest BCUT2D eigenvalue weighted by Gasteiger charge is -2.39. The summed E-state index contributed by atoms with van der Waals surface area (Å²) < 4.78 is 12.2. The number of nitrogens with zero attached hydrogens (tertiary/aromatic N) is 8. The lowest BCUT2D eigenvalue weighted by Crippen LogP contribution is -2.45. The van der Waals surface area contributed by atoms with Crippen LogP contribution < -0.4 is 0 Å². The van der Waals surface area contributed by atoms with E-state index in [1.807, 2.05) is 6.92 Å². The van der Waals surface area contributed by atoms with E-state index in [-0.39, 0.29) is 36.0 Å². The van der Waals surface area contributed by atoms with Gasteiger partial charge in [-0.1, -0.05) is 0 Å². The third-order valence-electron chi connectivity index (χ3n) is 6.85. The van der Waals surface area contributed by atoms with Crippen LogP contribution in [0.2, 0.25) is 0 Å². The maximum absolute atomic E-state index is 13.4. The standard InChI is InChI=1S/C21H26N8O4/c1-14-8-21(20(31)29(14)15-7-19(30)33-12-15)3-5-27(6-4-21)11-17(32-2)16-9-23-18(10-22-16)28-13-24-25-26-28/h7,9-10,13-14,17H,3-6,8,11-12H2,1-2H3. The highest BCUT2D eigenvalue weighted by atomic mass is 16.5. The van der Waals surface area contributed by atoms with Gasteiger partial charge in [0.25, 0.3) is 0 Å². The summed E-state index contributed by atoms with van der Waals surface area (Å²) in [6.45, 7) is 4.46. The Balaban J connectivity index is 1.21. The van der Waals surface area contributed by atoms with E-state index < -0.39 is 0 Å². The number of hydrogen-bond acceptors (Lipinski definition) is 10. The molecule has 0 N–H and O–H groups in total. The first-order valence-electron chi connectivity index (χ1n) is 11.0. The van der Waals surface area contributed by atoms with Gasteiger partial charge in [-0.3, -0.25) is 9.78 Å². The zero-order chi connectivity index (χ0) is 23.0. The Morgan fingerprint density at radius 2 is 2.06 bits per heavy atom. The molecule has 0 saturated carbocycles. The second-order valence-corrected chi connectivity index (χ2v) is 8.83. The van der Waals surface area contributed by atoms with Gasteiger partial charge in [-0.05, 0) is 49.7 Å². The number of esters is 1. The van der Waals surface area contributed by atoms with Crippen molar-refractivity contribution in [1.82, 2.24) is 40.0 Å². The van der Waals surface area contributed by atoms with Crippen molar-refractivity contribution in [2.45, 2.75) is 38.3 Å². The minimum absolute atomic E-state index is 0.0606. The van der Waals surface area contributed by atoms with Crippen LogP contribution in [0.5, 0.6) is 0 Å². The molecule has 33 heavy (non-hydrogen) atoms. The summed E-state index contributed by atoms with van der Waals surface area (Å²) in [5, 5.41) is 11.0. The largest absolute Gasteiger partial charge is 0.456 e. The molecule has 3 aliphatic rings. The van der Waals surface area contributed by atoms with Crippen LogP contribution in [0.3, 0.4) is 0 Å². The molecule has 2 aromatic rings. The molecule has 0 bridgehead atoms. The molecule has 2 aromatic heterocycles. The molecule has 0 aliphatic carbocycles. The van der Waals surface area contributed by atoms with Crippen LogP contribution in [0.1, 0.15) is 38.0 Å². The third-order valence-corrected chi connectivity index (χ3v) is 6.85. The summed E-state index contributed by atoms with van der Waals surface area (Å²) in [6, 6.07) is 0.0606. The normalized spacial score (nSPS) is 23.8. The number of tetrazole rings is 1. The zero-order valence-corrected chi connectivity index (χ0v) is 18.6. The van der Waals surface area contributed by atoms with Crippen LogP contribution in [-0.2, 0) is 19.1 Å². The number of amides is 1. The lowest BCUT2D eigenvalue weighted by molar-refractivity contribution is -0.139. The predicted molar refractivity (Wildman–Crippen MR) is 113 cm³/mol. The molecule has 0 radical (unpaired) electrons. The maximum Gasteiger partial charge on any atom is 0.333 e. The van der Waals surface area contributed by atoms with E-state index in [1.54, 1.807) is 24.4 Å². The molecular weight excluding hydrogens is 428 g/mol. The second-order valence-electron chi connectivity index (χ2n) is 8.83. The van der Waals surface area contributed by atoms with E-state index in [1.165, 1.54) is 17.1 Å². The molecule has 12 nitrogen and oxygen atoms in total. The van der Waals surface area contributed by atoms with Gasteiger partial charge >= 0.3 is 5.97 Å². The van der Waals surface area contributed by atoms with Crippen LogP contribution in [0.4, 0.5) is 0 Å². The number of cyclic esters (lactones) is 1. The van der Waals surface area contributed by atoms with Crippen LogP contribution >= 0.6 is 0 Å². The van der Waals surface area contributed by atoms with Crippen molar-refractivity contribution in [3.8, 4) is 5.82 Å². The van der Waals surface area contributed by atoms with E-state index in [0.29, 0.717) is 18.1 Å². The van der Waals surface area contributed by atoms with Crippen LogP contribution in [0.15, 0.2) is 30.5 Å². The van der Waals surface area contributed by atoms with Crippen molar-refractivity contribution in [2.75, 3.05) is 33.4 Å². The van der Waals surface area contributed by atoms with E-state index in [4.69, 9.17) is 9.47 Å². The first kappa shape index (κ1) is 21.6. The highest BCUT2D eigenvalue weighted by Gasteiger charge is 2.52. The molecule has 5 rings (SSSR count). The number of ether oxygens (including phenoxy) is 2. The Hall–Kier alpha value is -3.25. The summed E-state index contributed by atoms with van der Waals surface area (Å²) in [4.78, 5) is 37.8. The molecule has 12 heteroatoms. The van der Waals surface area contributed by atoms with E-state index in [0.717, 1.165) is 38.0 Å². The van der Waals surface area contributed by atoms with Crippen molar-refractivity contribution in [3.05, 3.63) is 36.2 Å². The first-order chi connectivity index (χ1) is 16.0. The zero-order valence-electron chi connectivity index (χ0n) is 18.6. The fraction of sp³-hybridized carbons (Fsp3) is 0.571. The van der Waals surface area contributed by atoms with Gasteiger partial charge in [-0.2, -0.15) is 4.68 Å². The smallest absolute Gasteiger partial charge is 0.333 e. The number of carbonyl (C=O) groups is 2. The molecule has 2 atom stereocenters. The van der Waals surface area contributed by atoms with Gasteiger partial charge in [-0.25, -0.2) is 9.78 Å². The molecular formula is C21H26N8O4. The number of piperidine rings is 1. The average molecular weight is 454 g/mol. The summed E-state index contributed by atoms with van der Waals surface area (Å²) in [7, 11) is 1.66. The molecule has 3 aliphatic heterocycles. The molecule has 1 amide bonds. The van der Waals surface area contributed by atoms with Gasteiger partial charge < -0.3 is 19.3 Å². The van der Waals surface area contributed by atoms with Gasteiger partial charge in [-0.15, -0.1) is 5.10 Å². The summed E-state index contributed by atoms with van der Waals surface area (Å²) in [5.74, 6) is 0.272. The molecule has 2 fully saturated rings. The second kappa shape index (κ2) is 8.60. The Labute approximate surface area is 190 Å². The maximum atomic E-state index is 13.4. The molecule has 2 saturated heterocycles. The Bertz CT molecular complexity index is 1050. The fourth-order valence-corrected chi connectivity index (χ4v) is 5.10. The van der Waals surface area contributed by atoms with Crippen LogP contribution in [0, 0.1) is 5.41 Å². The van der Waals surface area contributed by atoms with Crippen molar-refractivity contribution in [1.29, 1.82) is 0 Å². The van der Waals surface area contributed by atoms with Gasteiger partial charge in [0, 0.05) is 25.8 Å². The van der Waals surface area contributed by atoms with E-state index in [2.05, 4.69) is 30.4 Å². The number of methoxy groups -OCH3 is 1. The van der Waals surface area contributed by atoms with Crippen molar-refractivity contribution < 1.29 is 19.1 Å². The molecule has 174 valence electrons. The number of likely N-dealkylation sites (tertiary alicyclic amines) is 2. The van der Waals surface area contributed by atoms with Crippen LogP contribution in [0.25, 0.3) is 5.82 Å². The lowest BCUT2D eigenvalue weighted by atomic mass is 9.76. The van der Waals surface area contributed by atoms with Crippen molar-refractivity contribution >= 4 is 11.9 Å². The van der Waals surface area contributed by atoms with Gasteiger partial charge in [0.05, 0.1) is 29.2 Å². The highest BCUT2D eigenvalue weighted by Crippen LogP contribution is 2.46. The minimum Gasteiger partial charge on any atom is -0.456 e. The van der Waals surface area contributed by atoms with E-state index in [9.17, 15) is 9.59 Å². The summed E-state index contributed by atoms with van der Waals surface area (Å²) >= 11 is 0. The Morgan fingerprint density at radius 1 is 1.24 bits per heavy atom. The van der Waals surface area contributed by atoms with Gasteiger partial charge in [0.2, 0.25) is 5.91 Å². The Kier molecular flexibility index (Phi) is 5.62.